The van der Waals surface area contributed by atoms with Gasteiger partial charge in [0.1, 0.15) is 6.54 Å². The molecule has 104 valence electrons. The third-order valence-corrected chi connectivity index (χ3v) is 3.07. The maximum Gasteiger partial charge on any atom is 0.360 e. The van der Waals surface area contributed by atoms with Crippen molar-refractivity contribution in [1.82, 2.24) is 15.0 Å². The first-order valence-electron chi connectivity index (χ1n) is 6.10. The van der Waals surface area contributed by atoms with Gasteiger partial charge in [0.2, 0.25) is 0 Å². The fourth-order valence-corrected chi connectivity index (χ4v) is 1.73. The van der Waals surface area contributed by atoms with Crippen molar-refractivity contribution in [3.63, 3.8) is 0 Å². The van der Waals surface area contributed by atoms with Crippen molar-refractivity contribution in [2.75, 3.05) is 7.11 Å². The van der Waals surface area contributed by atoms with Crippen molar-refractivity contribution in [2.45, 2.75) is 20.4 Å². The lowest BCUT2D eigenvalue weighted by molar-refractivity contribution is 0.0593. The minimum atomic E-state index is -0.574. The molecule has 2 rings (SSSR count). The van der Waals surface area contributed by atoms with E-state index < -0.39 is 5.97 Å². The van der Waals surface area contributed by atoms with E-state index in [2.05, 4.69) is 15.0 Å². The van der Waals surface area contributed by atoms with Crippen LogP contribution in [0.5, 0.6) is 0 Å². The van der Waals surface area contributed by atoms with Gasteiger partial charge < -0.3 is 4.74 Å². The highest BCUT2D eigenvalue weighted by molar-refractivity contribution is 5.96. The van der Waals surface area contributed by atoms with Crippen LogP contribution in [-0.4, -0.2) is 33.9 Å². The summed E-state index contributed by atoms with van der Waals surface area (Å²) in [5, 5.41) is 7.39. The summed E-state index contributed by atoms with van der Waals surface area (Å²) in [5.74, 6) is -0.663. The predicted octanol–water partition coefficient (Wildman–Crippen LogP) is 1.56. The predicted molar refractivity (Wildman–Crippen MR) is 71.6 cm³/mol. The van der Waals surface area contributed by atoms with Gasteiger partial charge in [-0.05, 0) is 31.0 Å². The highest BCUT2D eigenvalue weighted by Gasteiger charge is 2.13. The third kappa shape index (κ3) is 2.90. The van der Waals surface area contributed by atoms with Gasteiger partial charge in [-0.1, -0.05) is 17.3 Å². The van der Waals surface area contributed by atoms with Crippen LogP contribution in [0.3, 0.4) is 0 Å². The monoisotopic (exact) mass is 273 g/mol. The van der Waals surface area contributed by atoms with Crippen molar-refractivity contribution in [3.05, 3.63) is 46.8 Å². The Morgan fingerprint density at radius 1 is 1.25 bits per heavy atom. The first-order valence-corrected chi connectivity index (χ1v) is 6.10. The van der Waals surface area contributed by atoms with Gasteiger partial charge in [0.25, 0.3) is 0 Å². The summed E-state index contributed by atoms with van der Waals surface area (Å²) in [6.45, 7) is 3.98. The zero-order chi connectivity index (χ0) is 14.7. The fourth-order valence-electron chi connectivity index (χ4n) is 1.73. The molecule has 1 heterocycles. The third-order valence-electron chi connectivity index (χ3n) is 3.07. The number of carbonyl (C=O) groups is 2. The Labute approximate surface area is 116 Å². The largest absolute Gasteiger partial charge is 0.464 e. The number of ketones is 1. The molecule has 0 amide bonds. The number of carbonyl (C=O) groups excluding carboxylic acids is 2. The van der Waals surface area contributed by atoms with Crippen LogP contribution in [0.4, 0.5) is 0 Å². The van der Waals surface area contributed by atoms with Crippen LogP contribution in [0.15, 0.2) is 24.4 Å². The van der Waals surface area contributed by atoms with Crippen LogP contribution in [0.1, 0.15) is 32.0 Å². The number of aromatic nitrogens is 3. The van der Waals surface area contributed by atoms with E-state index in [-0.39, 0.29) is 18.0 Å². The van der Waals surface area contributed by atoms with Crippen LogP contribution < -0.4 is 0 Å². The van der Waals surface area contributed by atoms with Gasteiger partial charge in [-0.2, -0.15) is 0 Å². The lowest BCUT2D eigenvalue weighted by atomic mass is 10.0. The summed E-state index contributed by atoms with van der Waals surface area (Å²) < 4.78 is 5.85. The normalized spacial score (nSPS) is 10.3. The van der Waals surface area contributed by atoms with Crippen molar-refractivity contribution in [2.24, 2.45) is 0 Å². The molecule has 20 heavy (non-hydrogen) atoms. The summed E-state index contributed by atoms with van der Waals surface area (Å²) in [4.78, 5) is 23.4. The Morgan fingerprint density at radius 3 is 2.65 bits per heavy atom. The average Bonchev–Trinajstić information content (AvgIpc) is 2.89. The number of esters is 1. The zero-order valence-corrected chi connectivity index (χ0v) is 11.6. The van der Waals surface area contributed by atoms with Crippen LogP contribution in [0, 0.1) is 13.8 Å². The van der Waals surface area contributed by atoms with Crippen molar-refractivity contribution in [1.29, 1.82) is 0 Å². The molecule has 0 radical (unpaired) electrons. The molecule has 0 saturated carbocycles. The Kier molecular flexibility index (Phi) is 3.93. The summed E-state index contributed by atoms with van der Waals surface area (Å²) in [5.41, 5.74) is 2.89. The lowest BCUT2D eigenvalue weighted by Gasteiger charge is -2.04. The van der Waals surface area contributed by atoms with Gasteiger partial charge in [0.15, 0.2) is 11.5 Å². The molecule has 2 aromatic rings. The molecule has 0 saturated heterocycles. The number of hydrogen-bond donors (Lipinski definition) is 0. The highest BCUT2D eigenvalue weighted by Crippen LogP contribution is 2.11. The summed E-state index contributed by atoms with van der Waals surface area (Å²) in [6, 6.07) is 5.53. The van der Waals surface area contributed by atoms with Crippen molar-refractivity contribution < 1.29 is 14.3 Å². The van der Waals surface area contributed by atoms with Gasteiger partial charge in [-0.3, -0.25) is 4.79 Å². The Balaban J connectivity index is 2.13. The van der Waals surface area contributed by atoms with E-state index in [4.69, 9.17) is 0 Å². The maximum atomic E-state index is 12.1. The molecular weight excluding hydrogens is 258 g/mol. The minimum Gasteiger partial charge on any atom is -0.464 e. The van der Waals surface area contributed by atoms with Gasteiger partial charge in [0.05, 0.1) is 13.3 Å². The summed E-state index contributed by atoms with van der Waals surface area (Å²) >= 11 is 0. The molecule has 0 fully saturated rings. The minimum absolute atomic E-state index is 0.0342. The van der Waals surface area contributed by atoms with E-state index in [0.29, 0.717) is 5.56 Å². The first-order chi connectivity index (χ1) is 9.51. The van der Waals surface area contributed by atoms with Crippen molar-refractivity contribution in [3.8, 4) is 0 Å². The number of aryl methyl sites for hydroxylation is 2. The number of methoxy groups -OCH3 is 1. The molecular formula is C14H15N3O3. The van der Waals surface area contributed by atoms with Gasteiger partial charge >= 0.3 is 5.97 Å². The number of hydrogen-bond acceptors (Lipinski definition) is 5. The molecule has 6 nitrogen and oxygen atoms in total. The Bertz CT molecular complexity index is 661. The van der Waals surface area contributed by atoms with Crippen molar-refractivity contribution >= 4 is 11.8 Å². The second kappa shape index (κ2) is 5.64. The molecule has 0 atom stereocenters. The number of benzene rings is 1. The van der Waals surface area contributed by atoms with E-state index in [1.54, 1.807) is 6.07 Å². The molecule has 0 aliphatic heterocycles. The van der Waals surface area contributed by atoms with Crippen LogP contribution >= 0.6 is 0 Å². The number of rotatable bonds is 4. The van der Waals surface area contributed by atoms with Crippen LogP contribution in [0.25, 0.3) is 0 Å². The van der Waals surface area contributed by atoms with E-state index in [9.17, 15) is 9.59 Å². The molecule has 0 N–H and O–H groups in total. The maximum absolute atomic E-state index is 12.1. The molecule has 1 aromatic carbocycles. The molecule has 0 aliphatic rings. The number of Topliss-reactive ketones (excluding diaryl/α,β-unsaturated/α-hetero) is 1. The van der Waals surface area contributed by atoms with E-state index in [1.165, 1.54) is 18.0 Å². The first kappa shape index (κ1) is 13.9. The van der Waals surface area contributed by atoms with Crippen LogP contribution in [-0.2, 0) is 11.3 Å². The molecule has 0 spiro atoms. The highest BCUT2D eigenvalue weighted by atomic mass is 16.5. The lowest BCUT2D eigenvalue weighted by Crippen LogP contribution is -2.11. The topological polar surface area (TPSA) is 74.1 Å². The molecule has 0 bridgehead atoms. The average molecular weight is 273 g/mol. The zero-order valence-electron chi connectivity index (χ0n) is 11.6. The SMILES string of the molecule is COC(=O)c1cn(CC(=O)c2ccc(C)c(C)c2)nn1. The molecule has 0 aliphatic carbocycles. The molecule has 1 aromatic heterocycles. The van der Waals surface area contributed by atoms with E-state index in [1.807, 2.05) is 26.0 Å². The Hall–Kier alpha value is -2.50. The number of ether oxygens (including phenoxy) is 1. The fraction of sp³-hybridized carbons (Fsp3) is 0.286. The van der Waals surface area contributed by atoms with Gasteiger partial charge in [-0.15, -0.1) is 5.10 Å². The summed E-state index contributed by atoms with van der Waals surface area (Å²) in [6.07, 6.45) is 1.39. The van der Waals surface area contributed by atoms with Crippen LogP contribution in [0.2, 0.25) is 0 Å². The molecule has 0 unspecified atom stereocenters. The van der Waals surface area contributed by atoms with E-state index >= 15 is 0 Å². The molecule has 6 heteroatoms. The van der Waals surface area contributed by atoms with Gasteiger partial charge in [-0.25, -0.2) is 9.48 Å². The second-order valence-electron chi connectivity index (χ2n) is 4.52. The second-order valence-corrected chi connectivity index (χ2v) is 4.52. The Morgan fingerprint density at radius 2 is 2.00 bits per heavy atom. The quantitative estimate of drug-likeness (QED) is 0.624. The smallest absolute Gasteiger partial charge is 0.360 e. The number of nitrogens with zero attached hydrogens (tertiary/aromatic N) is 3. The van der Waals surface area contributed by atoms with E-state index in [0.717, 1.165) is 11.1 Å². The standard InChI is InChI=1S/C14H15N3O3/c1-9-4-5-11(6-10(9)2)13(18)8-17-7-12(15-16-17)14(19)20-3/h4-7H,8H2,1-3H3. The van der Waals surface area contributed by atoms with Gasteiger partial charge in [0, 0.05) is 5.56 Å². The summed E-state index contributed by atoms with van der Waals surface area (Å²) in [7, 11) is 1.27.